The number of aromatic nitrogens is 2. The Morgan fingerprint density at radius 2 is 2.00 bits per heavy atom. The number of aromatic amines is 1. The molecule has 128 valence electrons. The van der Waals surface area contributed by atoms with Crippen LogP contribution >= 0.6 is 0 Å². The molecule has 2 aromatic rings. The third-order valence-electron chi connectivity index (χ3n) is 4.29. The number of nitrogens with zero attached hydrogens (tertiary/aromatic N) is 3. The van der Waals surface area contributed by atoms with Crippen molar-refractivity contribution in [1.82, 2.24) is 20.0 Å². The Kier molecular flexibility index (Phi) is 4.33. The van der Waals surface area contributed by atoms with Gasteiger partial charge in [-0.25, -0.2) is 8.78 Å². The number of likely N-dealkylation sites (tertiary alicyclic amines) is 1. The molecule has 3 rings (SSSR count). The number of H-pyrrole nitrogens is 1. The van der Waals surface area contributed by atoms with Crippen molar-refractivity contribution in [2.75, 3.05) is 27.2 Å². The molecule has 0 bridgehead atoms. The van der Waals surface area contributed by atoms with Crippen molar-refractivity contribution in [3.8, 4) is 11.3 Å². The Labute approximate surface area is 137 Å². The summed E-state index contributed by atoms with van der Waals surface area (Å²) in [5.41, 5.74) is -0.244. The topological polar surface area (TPSA) is 72.5 Å². The highest BCUT2D eigenvalue weighted by molar-refractivity contribution is 6.00. The fraction of sp³-hybridized carbons (Fsp3) is 0.375. The molecule has 0 aliphatic carbocycles. The third kappa shape index (κ3) is 2.78. The second kappa shape index (κ2) is 6.29. The van der Waals surface area contributed by atoms with Gasteiger partial charge in [0.05, 0.1) is 35.2 Å². The fourth-order valence-electron chi connectivity index (χ4n) is 2.99. The largest absolute Gasteiger partial charge is 0.390 e. The van der Waals surface area contributed by atoms with E-state index in [2.05, 4.69) is 10.2 Å². The Morgan fingerprint density at radius 3 is 2.58 bits per heavy atom. The van der Waals surface area contributed by atoms with Gasteiger partial charge in [-0.05, 0) is 26.2 Å². The number of halogens is 2. The average molecular weight is 336 g/mol. The summed E-state index contributed by atoms with van der Waals surface area (Å²) in [6.07, 6.45) is 0.573. The van der Waals surface area contributed by atoms with Crippen LogP contribution < -0.4 is 0 Å². The molecule has 0 saturated carbocycles. The molecule has 2 N–H and O–H groups in total. The summed E-state index contributed by atoms with van der Waals surface area (Å²) < 4.78 is 28.0. The maximum atomic E-state index is 14.0. The Bertz CT molecular complexity index is 742. The molecule has 1 aromatic heterocycles. The predicted octanol–water partition coefficient (Wildman–Crippen LogP) is 1.10. The molecule has 0 spiro atoms. The van der Waals surface area contributed by atoms with Gasteiger partial charge in [-0.2, -0.15) is 5.10 Å². The summed E-state index contributed by atoms with van der Waals surface area (Å²) >= 11 is 0. The molecule has 1 saturated heterocycles. The summed E-state index contributed by atoms with van der Waals surface area (Å²) in [5, 5.41) is 16.3. The molecule has 6 nitrogen and oxygen atoms in total. The second-order valence-electron chi connectivity index (χ2n) is 6.06. The zero-order valence-corrected chi connectivity index (χ0v) is 13.3. The van der Waals surface area contributed by atoms with Crippen molar-refractivity contribution in [2.24, 2.45) is 0 Å². The Morgan fingerprint density at radius 1 is 1.33 bits per heavy atom. The molecule has 1 aliphatic rings. The first-order valence-corrected chi connectivity index (χ1v) is 7.51. The zero-order valence-electron chi connectivity index (χ0n) is 13.3. The molecule has 1 aliphatic heterocycles. The SMILES string of the molecule is CN(C)[C@H]1CN(C(=O)c2cn[nH]c2-c2c(F)cccc2F)C[C@@H]1O. The number of amides is 1. The lowest BCUT2D eigenvalue weighted by molar-refractivity contribution is 0.0765. The molecular formula is C16H18F2N4O2. The first-order chi connectivity index (χ1) is 11.4. The second-order valence-corrected chi connectivity index (χ2v) is 6.06. The van der Waals surface area contributed by atoms with E-state index in [1.165, 1.54) is 17.2 Å². The molecular weight excluding hydrogens is 318 g/mol. The van der Waals surface area contributed by atoms with Crippen LogP contribution in [0.2, 0.25) is 0 Å². The highest BCUT2D eigenvalue weighted by atomic mass is 19.1. The van der Waals surface area contributed by atoms with E-state index in [1.54, 1.807) is 0 Å². The number of likely N-dealkylation sites (N-methyl/N-ethyl adjacent to an activating group) is 1. The van der Waals surface area contributed by atoms with Gasteiger partial charge >= 0.3 is 0 Å². The summed E-state index contributed by atoms with van der Waals surface area (Å²) in [7, 11) is 3.64. The third-order valence-corrected chi connectivity index (χ3v) is 4.29. The van der Waals surface area contributed by atoms with E-state index in [9.17, 15) is 18.7 Å². The number of aliphatic hydroxyl groups is 1. The van der Waals surface area contributed by atoms with Gasteiger partial charge < -0.3 is 14.9 Å². The lowest BCUT2D eigenvalue weighted by Crippen LogP contribution is -2.38. The smallest absolute Gasteiger partial charge is 0.257 e. The maximum absolute atomic E-state index is 14.0. The molecule has 2 heterocycles. The van der Waals surface area contributed by atoms with Gasteiger partial charge in [0.15, 0.2) is 0 Å². The van der Waals surface area contributed by atoms with Crippen LogP contribution in [0.4, 0.5) is 8.78 Å². The van der Waals surface area contributed by atoms with Crippen molar-refractivity contribution < 1.29 is 18.7 Å². The van der Waals surface area contributed by atoms with Crippen LogP contribution in [0.3, 0.4) is 0 Å². The van der Waals surface area contributed by atoms with Crippen LogP contribution in [0.15, 0.2) is 24.4 Å². The number of hydrogen-bond acceptors (Lipinski definition) is 4. The van der Waals surface area contributed by atoms with Crippen LogP contribution in [0, 0.1) is 11.6 Å². The number of hydrogen-bond donors (Lipinski definition) is 2. The number of β-amino-alcohol motifs (C(OH)–C–C–N with tert-alkyl or cyclic N) is 1. The van der Waals surface area contributed by atoms with Gasteiger partial charge in [0.2, 0.25) is 0 Å². The van der Waals surface area contributed by atoms with E-state index in [4.69, 9.17) is 0 Å². The minimum absolute atomic E-state index is 0.00149. The van der Waals surface area contributed by atoms with Gasteiger partial charge in [0.1, 0.15) is 11.6 Å². The molecule has 1 amide bonds. The number of carbonyl (C=O) groups is 1. The lowest BCUT2D eigenvalue weighted by Gasteiger charge is -2.21. The summed E-state index contributed by atoms with van der Waals surface area (Å²) in [4.78, 5) is 16.0. The van der Waals surface area contributed by atoms with Gasteiger partial charge in [0.25, 0.3) is 5.91 Å². The Balaban J connectivity index is 1.93. The number of nitrogens with one attached hydrogen (secondary N) is 1. The monoisotopic (exact) mass is 336 g/mol. The summed E-state index contributed by atoms with van der Waals surface area (Å²) in [6, 6.07) is 3.31. The van der Waals surface area contributed by atoms with E-state index in [1.807, 2.05) is 19.0 Å². The first kappa shape index (κ1) is 16.5. The highest BCUT2D eigenvalue weighted by Gasteiger charge is 2.36. The fourth-order valence-corrected chi connectivity index (χ4v) is 2.99. The van der Waals surface area contributed by atoms with Crippen LogP contribution in [-0.4, -0.2) is 70.3 Å². The van der Waals surface area contributed by atoms with E-state index in [-0.39, 0.29) is 29.4 Å². The highest BCUT2D eigenvalue weighted by Crippen LogP contribution is 2.28. The number of carbonyl (C=O) groups excluding carboxylic acids is 1. The van der Waals surface area contributed by atoms with Crippen LogP contribution in [0.25, 0.3) is 11.3 Å². The molecule has 8 heteroatoms. The molecule has 1 aromatic carbocycles. The average Bonchev–Trinajstić information content (AvgIpc) is 3.13. The van der Waals surface area contributed by atoms with Crippen LogP contribution in [0.5, 0.6) is 0 Å². The molecule has 2 atom stereocenters. The maximum Gasteiger partial charge on any atom is 0.257 e. The van der Waals surface area contributed by atoms with E-state index < -0.39 is 23.6 Å². The van der Waals surface area contributed by atoms with Gasteiger partial charge in [-0.3, -0.25) is 9.89 Å². The minimum atomic E-state index is -0.777. The van der Waals surface area contributed by atoms with E-state index >= 15 is 0 Å². The van der Waals surface area contributed by atoms with E-state index in [0.29, 0.717) is 6.54 Å². The quantitative estimate of drug-likeness (QED) is 0.880. The van der Waals surface area contributed by atoms with Crippen LogP contribution in [0.1, 0.15) is 10.4 Å². The van der Waals surface area contributed by atoms with Gasteiger partial charge in [-0.15, -0.1) is 0 Å². The minimum Gasteiger partial charge on any atom is -0.390 e. The van der Waals surface area contributed by atoms with Crippen molar-refractivity contribution in [1.29, 1.82) is 0 Å². The lowest BCUT2D eigenvalue weighted by atomic mass is 10.1. The predicted molar refractivity (Wildman–Crippen MR) is 83.3 cm³/mol. The van der Waals surface area contributed by atoms with Crippen LogP contribution in [-0.2, 0) is 0 Å². The van der Waals surface area contributed by atoms with E-state index in [0.717, 1.165) is 12.1 Å². The van der Waals surface area contributed by atoms with Crippen molar-refractivity contribution in [2.45, 2.75) is 12.1 Å². The number of aliphatic hydroxyl groups excluding tert-OH is 1. The van der Waals surface area contributed by atoms with Gasteiger partial charge in [0, 0.05) is 13.1 Å². The molecule has 0 radical (unpaired) electrons. The standard InChI is InChI=1S/C16H18F2N4O2/c1-21(2)12-7-22(8-13(12)23)16(24)9-6-19-20-15(9)14-10(17)4-3-5-11(14)18/h3-6,12-13,23H,7-8H2,1-2H3,(H,19,20)/t12-,13-/m0/s1. The van der Waals surface area contributed by atoms with Crippen molar-refractivity contribution in [3.63, 3.8) is 0 Å². The molecule has 1 fully saturated rings. The van der Waals surface area contributed by atoms with Crippen molar-refractivity contribution >= 4 is 5.91 Å². The molecule has 24 heavy (non-hydrogen) atoms. The molecule has 0 unspecified atom stereocenters. The first-order valence-electron chi connectivity index (χ1n) is 7.51. The zero-order chi connectivity index (χ0) is 17.4. The number of benzene rings is 1. The number of rotatable bonds is 3. The van der Waals surface area contributed by atoms with Gasteiger partial charge in [-0.1, -0.05) is 6.07 Å². The van der Waals surface area contributed by atoms with Crippen molar-refractivity contribution in [3.05, 3.63) is 41.6 Å². The normalized spacial score (nSPS) is 20.8. The summed E-state index contributed by atoms with van der Waals surface area (Å²) in [5.74, 6) is -1.98. The summed E-state index contributed by atoms with van der Waals surface area (Å²) in [6.45, 7) is 0.490. The Hall–Kier alpha value is -2.32.